The molecule has 1 aliphatic carbocycles. The van der Waals surface area contributed by atoms with E-state index in [-0.39, 0.29) is 0 Å². The van der Waals surface area contributed by atoms with Gasteiger partial charge in [0.05, 0.1) is 0 Å². The van der Waals surface area contributed by atoms with Crippen molar-refractivity contribution in [1.82, 2.24) is 0 Å². The van der Waals surface area contributed by atoms with Gasteiger partial charge in [0.1, 0.15) is 0 Å². The Morgan fingerprint density at radius 3 is 2.43 bits per heavy atom. The fourth-order valence-corrected chi connectivity index (χ4v) is 2.44. The van der Waals surface area contributed by atoms with Crippen molar-refractivity contribution in [2.24, 2.45) is 11.8 Å². The summed E-state index contributed by atoms with van der Waals surface area (Å²) in [4.78, 5) is 0. The van der Waals surface area contributed by atoms with Crippen LogP contribution in [0.1, 0.15) is 32.3 Å². The van der Waals surface area contributed by atoms with Crippen LogP contribution in [0, 0.1) is 11.8 Å². The van der Waals surface area contributed by atoms with Gasteiger partial charge in [0, 0.05) is 0 Å². The summed E-state index contributed by atoms with van der Waals surface area (Å²) >= 11 is 0. The summed E-state index contributed by atoms with van der Waals surface area (Å²) in [7, 11) is 0. The van der Waals surface area contributed by atoms with Crippen LogP contribution in [0.4, 0.5) is 0 Å². The van der Waals surface area contributed by atoms with E-state index in [1.165, 1.54) is 24.0 Å². The Kier molecular flexibility index (Phi) is 2.72. The molecular formula is C14H18. The van der Waals surface area contributed by atoms with Crippen molar-refractivity contribution >= 4 is 5.57 Å². The molecule has 2 atom stereocenters. The fourth-order valence-electron chi connectivity index (χ4n) is 2.44. The van der Waals surface area contributed by atoms with E-state index in [0.29, 0.717) is 0 Å². The molecular weight excluding hydrogens is 168 g/mol. The van der Waals surface area contributed by atoms with Crippen LogP contribution in [0.25, 0.3) is 5.57 Å². The predicted molar refractivity (Wildman–Crippen MR) is 62.0 cm³/mol. The van der Waals surface area contributed by atoms with Gasteiger partial charge >= 0.3 is 0 Å². The van der Waals surface area contributed by atoms with Gasteiger partial charge in [-0.2, -0.15) is 0 Å². The van der Waals surface area contributed by atoms with Gasteiger partial charge in [-0.15, -0.1) is 0 Å². The van der Waals surface area contributed by atoms with Crippen LogP contribution in [0.15, 0.2) is 36.4 Å². The van der Waals surface area contributed by atoms with E-state index in [1.807, 2.05) is 0 Å². The highest BCUT2D eigenvalue weighted by Gasteiger charge is 2.16. The first-order valence-corrected chi connectivity index (χ1v) is 5.52. The second-order valence-corrected chi connectivity index (χ2v) is 4.58. The Hall–Kier alpha value is -1.04. The second kappa shape index (κ2) is 4.00. The molecule has 0 N–H and O–H groups in total. The molecule has 0 heteroatoms. The fraction of sp³-hybridized carbons (Fsp3) is 0.429. The molecule has 1 aliphatic rings. The summed E-state index contributed by atoms with van der Waals surface area (Å²) in [5, 5.41) is 0. The van der Waals surface area contributed by atoms with Gasteiger partial charge in [0.2, 0.25) is 0 Å². The van der Waals surface area contributed by atoms with Crippen LogP contribution in [-0.4, -0.2) is 0 Å². The van der Waals surface area contributed by atoms with E-state index < -0.39 is 0 Å². The van der Waals surface area contributed by atoms with Crippen LogP contribution >= 0.6 is 0 Å². The van der Waals surface area contributed by atoms with Crippen molar-refractivity contribution in [1.29, 1.82) is 0 Å². The third-order valence-corrected chi connectivity index (χ3v) is 2.97. The normalized spacial score (nSPS) is 27.1. The Balaban J connectivity index is 2.26. The summed E-state index contributed by atoms with van der Waals surface area (Å²) in [5.41, 5.74) is 2.95. The van der Waals surface area contributed by atoms with Crippen LogP contribution in [-0.2, 0) is 0 Å². The molecule has 74 valence electrons. The summed E-state index contributed by atoms with van der Waals surface area (Å²) < 4.78 is 0. The minimum Gasteiger partial charge on any atom is -0.0779 e. The van der Waals surface area contributed by atoms with Crippen molar-refractivity contribution in [3.63, 3.8) is 0 Å². The van der Waals surface area contributed by atoms with Crippen molar-refractivity contribution in [3.8, 4) is 0 Å². The van der Waals surface area contributed by atoms with Gasteiger partial charge in [-0.3, -0.25) is 0 Å². The summed E-state index contributed by atoms with van der Waals surface area (Å²) in [6, 6.07) is 10.8. The first-order valence-electron chi connectivity index (χ1n) is 5.52. The topological polar surface area (TPSA) is 0 Å². The van der Waals surface area contributed by atoms with E-state index in [1.54, 1.807) is 0 Å². The lowest BCUT2D eigenvalue weighted by Gasteiger charge is -2.23. The maximum atomic E-state index is 2.44. The molecule has 1 aromatic rings. The van der Waals surface area contributed by atoms with Crippen LogP contribution in [0.5, 0.6) is 0 Å². The smallest absolute Gasteiger partial charge is 0.0228 e. The molecule has 14 heavy (non-hydrogen) atoms. The number of benzene rings is 1. The Morgan fingerprint density at radius 2 is 1.79 bits per heavy atom. The zero-order valence-electron chi connectivity index (χ0n) is 9.03. The van der Waals surface area contributed by atoms with E-state index in [2.05, 4.69) is 50.3 Å². The molecule has 0 spiro atoms. The quantitative estimate of drug-likeness (QED) is 0.618. The SMILES string of the molecule is C[C@@H]1CC(c2ccccc2)=C[C@H](C)C1. The molecule has 2 rings (SSSR count). The molecule has 0 saturated carbocycles. The van der Waals surface area contributed by atoms with Crippen LogP contribution in [0.3, 0.4) is 0 Å². The molecule has 0 aliphatic heterocycles. The lowest BCUT2D eigenvalue weighted by molar-refractivity contribution is 0.457. The molecule has 0 saturated heterocycles. The maximum Gasteiger partial charge on any atom is -0.0228 e. The number of allylic oxidation sites excluding steroid dienone is 2. The number of hydrogen-bond acceptors (Lipinski definition) is 0. The summed E-state index contributed by atoms with van der Waals surface area (Å²) in [6.07, 6.45) is 5.03. The largest absolute Gasteiger partial charge is 0.0779 e. The lowest BCUT2D eigenvalue weighted by atomic mass is 9.82. The monoisotopic (exact) mass is 186 g/mol. The predicted octanol–water partition coefficient (Wildman–Crippen LogP) is 4.14. The van der Waals surface area contributed by atoms with E-state index in [9.17, 15) is 0 Å². The van der Waals surface area contributed by atoms with E-state index in [4.69, 9.17) is 0 Å². The highest BCUT2D eigenvalue weighted by Crippen LogP contribution is 2.33. The molecule has 0 heterocycles. The summed E-state index contributed by atoms with van der Waals surface area (Å²) in [6.45, 7) is 4.67. The van der Waals surface area contributed by atoms with Crippen LogP contribution < -0.4 is 0 Å². The standard InChI is InChI=1S/C14H18/c1-11-8-12(2)10-14(9-11)13-6-4-3-5-7-13/h3-7,9,11-12H,8,10H2,1-2H3/t11-,12+/m1/s1. The van der Waals surface area contributed by atoms with E-state index >= 15 is 0 Å². The van der Waals surface area contributed by atoms with Crippen molar-refractivity contribution < 1.29 is 0 Å². The molecule has 0 unspecified atom stereocenters. The van der Waals surface area contributed by atoms with Crippen molar-refractivity contribution in [2.75, 3.05) is 0 Å². The maximum absolute atomic E-state index is 2.44. The van der Waals surface area contributed by atoms with Crippen molar-refractivity contribution in [3.05, 3.63) is 42.0 Å². The van der Waals surface area contributed by atoms with Gasteiger partial charge in [-0.05, 0) is 35.8 Å². The first-order chi connectivity index (χ1) is 6.75. The van der Waals surface area contributed by atoms with Gasteiger partial charge in [0.25, 0.3) is 0 Å². The Morgan fingerprint density at radius 1 is 1.07 bits per heavy atom. The van der Waals surface area contributed by atoms with Gasteiger partial charge in [-0.25, -0.2) is 0 Å². The molecule has 0 aromatic heterocycles. The lowest BCUT2D eigenvalue weighted by Crippen LogP contribution is -2.08. The minimum atomic E-state index is 0.744. The number of hydrogen-bond donors (Lipinski definition) is 0. The van der Waals surface area contributed by atoms with Crippen molar-refractivity contribution in [2.45, 2.75) is 26.7 Å². The molecule has 0 amide bonds. The summed E-state index contributed by atoms with van der Waals surface area (Å²) in [5.74, 6) is 1.58. The van der Waals surface area contributed by atoms with Gasteiger partial charge in [-0.1, -0.05) is 50.3 Å². The zero-order valence-corrected chi connectivity index (χ0v) is 9.03. The third kappa shape index (κ3) is 2.06. The third-order valence-electron chi connectivity index (χ3n) is 2.97. The Bertz CT molecular complexity index is 321. The molecule has 0 bridgehead atoms. The second-order valence-electron chi connectivity index (χ2n) is 4.58. The van der Waals surface area contributed by atoms with Gasteiger partial charge in [0.15, 0.2) is 0 Å². The van der Waals surface area contributed by atoms with Gasteiger partial charge < -0.3 is 0 Å². The highest BCUT2D eigenvalue weighted by atomic mass is 14.2. The molecule has 0 radical (unpaired) electrons. The molecule has 0 nitrogen and oxygen atoms in total. The zero-order chi connectivity index (χ0) is 9.97. The molecule has 0 fully saturated rings. The Labute approximate surface area is 86.7 Å². The number of rotatable bonds is 1. The van der Waals surface area contributed by atoms with Crippen LogP contribution in [0.2, 0.25) is 0 Å². The molecule has 1 aromatic carbocycles. The highest BCUT2D eigenvalue weighted by molar-refractivity contribution is 5.66. The average molecular weight is 186 g/mol. The average Bonchev–Trinajstić information content (AvgIpc) is 2.18. The first kappa shape index (κ1) is 9.51. The van der Waals surface area contributed by atoms with E-state index in [0.717, 1.165) is 11.8 Å². The minimum absolute atomic E-state index is 0.744.